The van der Waals surface area contributed by atoms with Crippen molar-refractivity contribution in [3.63, 3.8) is 0 Å². The summed E-state index contributed by atoms with van der Waals surface area (Å²) < 4.78 is 4.97. The number of amides is 1. The average Bonchev–Trinajstić information content (AvgIpc) is 2.39. The Hall–Kier alpha value is -0.610. The molecule has 0 heterocycles. The molecule has 0 bridgehead atoms. The van der Waals surface area contributed by atoms with Gasteiger partial charge >= 0.3 is 0 Å². The van der Waals surface area contributed by atoms with Gasteiger partial charge in [0.05, 0.1) is 6.04 Å². The Morgan fingerprint density at radius 2 is 2.17 bits per heavy atom. The zero-order chi connectivity index (χ0) is 13.4. The van der Waals surface area contributed by atoms with Crippen LogP contribution in [-0.4, -0.2) is 31.7 Å². The largest absolute Gasteiger partial charge is 0.385 e. The summed E-state index contributed by atoms with van der Waals surface area (Å²) >= 11 is 0. The first-order valence-electron chi connectivity index (χ1n) is 7.24. The highest BCUT2D eigenvalue weighted by atomic mass is 16.5. The third kappa shape index (κ3) is 4.94. The molecule has 18 heavy (non-hydrogen) atoms. The van der Waals surface area contributed by atoms with Crippen molar-refractivity contribution in [3.8, 4) is 0 Å². The number of rotatable bonds is 7. The van der Waals surface area contributed by atoms with Gasteiger partial charge in [-0.05, 0) is 31.6 Å². The molecule has 106 valence electrons. The van der Waals surface area contributed by atoms with Crippen LogP contribution in [0, 0.1) is 5.92 Å². The highest BCUT2D eigenvalue weighted by Gasteiger charge is 2.26. The average molecular weight is 256 g/mol. The van der Waals surface area contributed by atoms with Gasteiger partial charge in [0.2, 0.25) is 5.91 Å². The molecule has 0 radical (unpaired) electrons. The molecule has 4 heteroatoms. The standard InChI is InChI=1S/C14H28N2O2/c1-3-11-7-4-5-9-13(11)16-14(17)12(15)8-6-10-18-2/h11-13H,3-10,15H2,1-2H3,(H,16,17). The van der Waals surface area contributed by atoms with Crippen molar-refractivity contribution >= 4 is 5.91 Å². The van der Waals surface area contributed by atoms with Crippen LogP contribution in [0.15, 0.2) is 0 Å². The monoisotopic (exact) mass is 256 g/mol. The molecule has 1 rings (SSSR count). The number of nitrogens with two attached hydrogens (primary N) is 1. The lowest BCUT2D eigenvalue weighted by molar-refractivity contribution is -0.123. The number of methoxy groups -OCH3 is 1. The van der Waals surface area contributed by atoms with Crippen molar-refractivity contribution in [3.05, 3.63) is 0 Å². The highest BCUT2D eigenvalue weighted by Crippen LogP contribution is 2.26. The highest BCUT2D eigenvalue weighted by molar-refractivity contribution is 5.81. The van der Waals surface area contributed by atoms with E-state index in [1.54, 1.807) is 7.11 Å². The Balaban J connectivity index is 2.32. The van der Waals surface area contributed by atoms with Crippen molar-refractivity contribution in [1.29, 1.82) is 0 Å². The molecule has 3 unspecified atom stereocenters. The fourth-order valence-electron chi connectivity index (χ4n) is 2.75. The summed E-state index contributed by atoms with van der Waals surface area (Å²) in [5, 5.41) is 3.14. The summed E-state index contributed by atoms with van der Waals surface area (Å²) in [7, 11) is 1.67. The van der Waals surface area contributed by atoms with E-state index in [2.05, 4.69) is 12.2 Å². The van der Waals surface area contributed by atoms with Crippen molar-refractivity contribution in [1.82, 2.24) is 5.32 Å². The molecule has 4 nitrogen and oxygen atoms in total. The molecule has 0 spiro atoms. The number of nitrogens with one attached hydrogen (secondary N) is 1. The second kappa shape index (κ2) is 8.48. The molecule has 0 saturated heterocycles. The van der Waals surface area contributed by atoms with E-state index in [1.165, 1.54) is 19.3 Å². The Labute approximate surface area is 111 Å². The second-order valence-electron chi connectivity index (χ2n) is 5.31. The molecular formula is C14H28N2O2. The van der Waals surface area contributed by atoms with Crippen LogP contribution in [0.25, 0.3) is 0 Å². The van der Waals surface area contributed by atoms with Crippen molar-refractivity contribution in [2.24, 2.45) is 11.7 Å². The zero-order valence-corrected chi connectivity index (χ0v) is 11.8. The number of carbonyl (C=O) groups is 1. The first-order valence-corrected chi connectivity index (χ1v) is 7.24. The van der Waals surface area contributed by atoms with Crippen LogP contribution in [0.1, 0.15) is 51.9 Å². The molecule has 3 atom stereocenters. The molecule has 1 fully saturated rings. The Kier molecular flexibility index (Phi) is 7.28. The van der Waals surface area contributed by atoms with Crippen molar-refractivity contribution in [2.45, 2.75) is 64.0 Å². The molecule has 3 N–H and O–H groups in total. The van der Waals surface area contributed by atoms with Crippen molar-refractivity contribution in [2.75, 3.05) is 13.7 Å². The fourth-order valence-corrected chi connectivity index (χ4v) is 2.75. The van der Waals surface area contributed by atoms with Gasteiger partial charge in [-0.1, -0.05) is 26.2 Å². The lowest BCUT2D eigenvalue weighted by Crippen LogP contribution is -2.48. The van der Waals surface area contributed by atoms with Crippen LogP contribution in [0.4, 0.5) is 0 Å². The molecule has 1 aliphatic rings. The minimum absolute atomic E-state index is 0.0106. The molecule has 0 aromatic carbocycles. The maximum absolute atomic E-state index is 12.0. The van der Waals surface area contributed by atoms with Crippen LogP contribution < -0.4 is 11.1 Å². The van der Waals surface area contributed by atoms with E-state index >= 15 is 0 Å². The van der Waals surface area contributed by atoms with Gasteiger partial charge in [0.15, 0.2) is 0 Å². The maximum atomic E-state index is 12.0. The van der Waals surface area contributed by atoms with Gasteiger partial charge in [0.25, 0.3) is 0 Å². The molecule has 1 saturated carbocycles. The SMILES string of the molecule is CCC1CCCCC1NC(=O)C(N)CCCOC. The maximum Gasteiger partial charge on any atom is 0.237 e. The predicted molar refractivity (Wildman–Crippen MR) is 73.3 cm³/mol. The van der Waals surface area contributed by atoms with Gasteiger partial charge in [0, 0.05) is 19.8 Å². The first kappa shape index (κ1) is 15.4. The summed E-state index contributed by atoms with van der Waals surface area (Å²) in [6, 6.07) is -0.0516. The minimum atomic E-state index is -0.389. The number of hydrogen-bond donors (Lipinski definition) is 2. The number of hydrogen-bond acceptors (Lipinski definition) is 3. The quantitative estimate of drug-likeness (QED) is 0.683. The Morgan fingerprint density at radius 3 is 2.83 bits per heavy atom. The first-order chi connectivity index (χ1) is 8.69. The van der Waals surface area contributed by atoms with Crippen LogP contribution in [0.5, 0.6) is 0 Å². The summed E-state index contributed by atoms with van der Waals surface area (Å²) in [4.78, 5) is 12.0. The summed E-state index contributed by atoms with van der Waals surface area (Å²) in [6.45, 7) is 2.87. The van der Waals surface area contributed by atoms with E-state index in [9.17, 15) is 4.79 Å². The van der Waals surface area contributed by atoms with Gasteiger partial charge in [0.1, 0.15) is 0 Å². The zero-order valence-electron chi connectivity index (χ0n) is 11.8. The third-order valence-electron chi connectivity index (χ3n) is 3.96. The van der Waals surface area contributed by atoms with Crippen LogP contribution in [0.3, 0.4) is 0 Å². The van der Waals surface area contributed by atoms with Gasteiger partial charge in [-0.25, -0.2) is 0 Å². The summed E-state index contributed by atoms with van der Waals surface area (Å²) in [6.07, 6.45) is 7.54. The molecule has 1 amide bonds. The van der Waals surface area contributed by atoms with E-state index < -0.39 is 0 Å². The van der Waals surface area contributed by atoms with E-state index in [1.807, 2.05) is 0 Å². The van der Waals surface area contributed by atoms with Crippen LogP contribution >= 0.6 is 0 Å². The lowest BCUT2D eigenvalue weighted by atomic mass is 9.83. The lowest BCUT2D eigenvalue weighted by Gasteiger charge is -2.32. The van der Waals surface area contributed by atoms with Crippen molar-refractivity contribution < 1.29 is 9.53 Å². The minimum Gasteiger partial charge on any atom is -0.385 e. The summed E-state index contributed by atoms with van der Waals surface area (Å²) in [5.41, 5.74) is 5.89. The molecule has 0 aromatic heterocycles. The number of carbonyl (C=O) groups excluding carboxylic acids is 1. The number of ether oxygens (including phenoxy) is 1. The van der Waals surface area contributed by atoms with Gasteiger partial charge < -0.3 is 15.8 Å². The van der Waals surface area contributed by atoms with E-state index in [-0.39, 0.29) is 11.9 Å². The Morgan fingerprint density at radius 1 is 1.44 bits per heavy atom. The normalized spacial score (nSPS) is 25.7. The molecule has 0 aliphatic heterocycles. The Bertz CT molecular complexity index is 246. The summed E-state index contributed by atoms with van der Waals surface area (Å²) in [5.74, 6) is 0.644. The predicted octanol–water partition coefficient (Wildman–Crippen LogP) is 1.83. The van der Waals surface area contributed by atoms with Gasteiger partial charge in [-0.3, -0.25) is 4.79 Å². The molecular weight excluding hydrogens is 228 g/mol. The van der Waals surface area contributed by atoms with Crippen LogP contribution in [-0.2, 0) is 9.53 Å². The van der Waals surface area contributed by atoms with Crippen LogP contribution in [0.2, 0.25) is 0 Å². The fraction of sp³-hybridized carbons (Fsp3) is 0.929. The van der Waals surface area contributed by atoms with Gasteiger partial charge in [-0.15, -0.1) is 0 Å². The smallest absolute Gasteiger partial charge is 0.237 e. The van der Waals surface area contributed by atoms with E-state index in [0.29, 0.717) is 25.0 Å². The topological polar surface area (TPSA) is 64.4 Å². The van der Waals surface area contributed by atoms with E-state index in [4.69, 9.17) is 10.5 Å². The van der Waals surface area contributed by atoms with Gasteiger partial charge in [-0.2, -0.15) is 0 Å². The second-order valence-corrected chi connectivity index (χ2v) is 5.31. The van der Waals surface area contributed by atoms with E-state index in [0.717, 1.165) is 19.3 Å². The third-order valence-corrected chi connectivity index (χ3v) is 3.96. The molecule has 0 aromatic rings. The molecule has 1 aliphatic carbocycles.